The molecule has 3 atom stereocenters. The summed E-state index contributed by atoms with van der Waals surface area (Å²) in [5.74, 6) is -0.141. The Morgan fingerprint density at radius 2 is 0.756 bits per heavy atom. The number of aliphatic hydroxyl groups excluding tert-OH is 3. The van der Waals surface area contributed by atoms with E-state index in [0.29, 0.717) is 12.8 Å². The molecule has 1 amide bonds. The van der Waals surface area contributed by atoms with Crippen molar-refractivity contribution in [1.29, 1.82) is 0 Å². The van der Waals surface area contributed by atoms with Gasteiger partial charge in [0.05, 0.1) is 18.8 Å². The molecule has 4 N–H and O–H groups in total. The van der Waals surface area contributed by atoms with E-state index in [1.165, 1.54) is 161 Å². The smallest absolute Gasteiger partial charge is 0.220 e. The van der Waals surface area contributed by atoms with Gasteiger partial charge in [0.15, 0.2) is 0 Å². The van der Waals surface area contributed by atoms with Crippen LogP contribution >= 0.6 is 0 Å². The molecule has 45 heavy (non-hydrogen) atoms. The van der Waals surface area contributed by atoms with Crippen molar-refractivity contribution in [2.24, 2.45) is 0 Å². The first-order valence-electron chi connectivity index (χ1n) is 20.3. The summed E-state index contributed by atoms with van der Waals surface area (Å²) >= 11 is 0. The van der Waals surface area contributed by atoms with Crippen LogP contribution in [0, 0.1) is 0 Å². The molecule has 0 spiro atoms. The van der Waals surface area contributed by atoms with Crippen LogP contribution in [0.2, 0.25) is 0 Å². The molecule has 0 aliphatic rings. The maximum absolute atomic E-state index is 12.4. The van der Waals surface area contributed by atoms with Gasteiger partial charge in [-0.2, -0.15) is 0 Å². The summed E-state index contributed by atoms with van der Waals surface area (Å²) in [6, 6.07) is -0.801. The second-order valence-corrected chi connectivity index (χ2v) is 14.2. The van der Waals surface area contributed by atoms with Crippen molar-refractivity contribution in [3.05, 3.63) is 0 Å². The van der Waals surface area contributed by atoms with Gasteiger partial charge in [0.1, 0.15) is 6.10 Å². The highest BCUT2D eigenvalue weighted by atomic mass is 16.3. The van der Waals surface area contributed by atoms with Gasteiger partial charge in [0.2, 0.25) is 5.91 Å². The third-order valence-corrected chi connectivity index (χ3v) is 9.71. The number of carbonyl (C=O) groups is 1. The van der Waals surface area contributed by atoms with Crippen molar-refractivity contribution in [1.82, 2.24) is 5.32 Å². The monoisotopic (exact) mass is 640 g/mol. The van der Waals surface area contributed by atoms with Gasteiger partial charge in [-0.1, -0.05) is 206 Å². The lowest BCUT2D eigenvalue weighted by Crippen LogP contribution is -2.50. The molecule has 0 aliphatic heterocycles. The van der Waals surface area contributed by atoms with Crippen LogP contribution in [0.15, 0.2) is 0 Å². The SMILES string of the molecule is CCCCCCCCCCCCCCCCCCCCCCC(=O)NC(CO)C(O)C(O)CCCCCCCCCCCCC. The van der Waals surface area contributed by atoms with Gasteiger partial charge < -0.3 is 20.6 Å². The van der Waals surface area contributed by atoms with Crippen molar-refractivity contribution in [3.63, 3.8) is 0 Å². The molecule has 0 rings (SSSR count). The number of amides is 1. The van der Waals surface area contributed by atoms with E-state index in [9.17, 15) is 20.1 Å². The van der Waals surface area contributed by atoms with Gasteiger partial charge in [0, 0.05) is 6.42 Å². The molecular formula is C40H81NO4. The summed E-state index contributed by atoms with van der Waals surface area (Å²) < 4.78 is 0. The zero-order chi connectivity index (χ0) is 33.1. The molecule has 5 heteroatoms. The lowest BCUT2D eigenvalue weighted by molar-refractivity contribution is -0.124. The average Bonchev–Trinajstić information content (AvgIpc) is 3.04. The summed E-state index contributed by atoms with van der Waals surface area (Å²) in [6.07, 6.45) is 39.2. The number of hydrogen-bond acceptors (Lipinski definition) is 4. The third kappa shape index (κ3) is 31.7. The number of nitrogens with one attached hydrogen (secondary N) is 1. The second kappa shape index (κ2) is 36.2. The van der Waals surface area contributed by atoms with Crippen LogP contribution in [0.3, 0.4) is 0 Å². The highest BCUT2D eigenvalue weighted by Crippen LogP contribution is 2.16. The number of carbonyl (C=O) groups excluding carboxylic acids is 1. The number of aliphatic hydroxyl groups is 3. The van der Waals surface area contributed by atoms with Gasteiger partial charge in [-0.15, -0.1) is 0 Å². The van der Waals surface area contributed by atoms with Crippen LogP contribution in [0.4, 0.5) is 0 Å². The molecule has 3 unspecified atom stereocenters. The summed E-state index contributed by atoms with van der Waals surface area (Å²) in [5.41, 5.74) is 0. The standard InChI is InChI=1S/C40H81NO4/c1-3-5-7-9-11-13-15-16-17-18-19-20-21-22-23-25-27-29-31-33-35-39(44)41-37(36-42)40(45)38(43)34-32-30-28-26-24-14-12-10-8-6-4-2/h37-38,40,42-43,45H,3-36H2,1-2H3,(H,41,44). The Kier molecular flexibility index (Phi) is 35.7. The molecular weight excluding hydrogens is 558 g/mol. The van der Waals surface area contributed by atoms with Crippen molar-refractivity contribution < 1.29 is 20.1 Å². The maximum atomic E-state index is 12.4. The minimum absolute atomic E-state index is 0.141. The van der Waals surface area contributed by atoms with Gasteiger partial charge in [-0.05, 0) is 12.8 Å². The van der Waals surface area contributed by atoms with Crippen molar-refractivity contribution in [2.45, 2.75) is 244 Å². The predicted molar refractivity (Wildman–Crippen MR) is 195 cm³/mol. The Bertz CT molecular complexity index is 587. The first-order valence-corrected chi connectivity index (χ1v) is 20.3. The molecule has 0 aliphatic carbocycles. The van der Waals surface area contributed by atoms with Crippen LogP contribution < -0.4 is 5.32 Å². The summed E-state index contributed by atoms with van der Waals surface area (Å²) in [6.45, 7) is 4.18. The van der Waals surface area contributed by atoms with E-state index in [2.05, 4.69) is 19.2 Å². The van der Waals surface area contributed by atoms with E-state index in [-0.39, 0.29) is 12.5 Å². The number of rotatable bonds is 37. The van der Waals surface area contributed by atoms with E-state index >= 15 is 0 Å². The summed E-state index contributed by atoms with van der Waals surface area (Å²) in [4.78, 5) is 12.4. The van der Waals surface area contributed by atoms with Crippen molar-refractivity contribution in [3.8, 4) is 0 Å². The number of unbranched alkanes of at least 4 members (excludes halogenated alkanes) is 29. The molecule has 0 heterocycles. The van der Waals surface area contributed by atoms with Crippen LogP contribution in [-0.4, -0.2) is 46.1 Å². The third-order valence-electron chi connectivity index (χ3n) is 9.71. The molecule has 270 valence electrons. The zero-order valence-corrected chi connectivity index (χ0v) is 30.5. The average molecular weight is 640 g/mol. The lowest BCUT2D eigenvalue weighted by atomic mass is 9.99. The molecule has 0 saturated carbocycles. The van der Waals surface area contributed by atoms with E-state index in [0.717, 1.165) is 38.5 Å². The molecule has 0 fully saturated rings. The molecule has 0 aromatic rings. The van der Waals surface area contributed by atoms with Gasteiger partial charge in [-0.25, -0.2) is 0 Å². The van der Waals surface area contributed by atoms with Crippen molar-refractivity contribution in [2.75, 3.05) is 6.61 Å². The fourth-order valence-electron chi connectivity index (χ4n) is 6.52. The second-order valence-electron chi connectivity index (χ2n) is 14.2. The van der Waals surface area contributed by atoms with E-state index < -0.39 is 18.2 Å². The fourth-order valence-corrected chi connectivity index (χ4v) is 6.52. The fraction of sp³-hybridized carbons (Fsp3) is 0.975. The minimum atomic E-state index is -1.13. The first kappa shape index (κ1) is 44.4. The van der Waals surface area contributed by atoms with Crippen LogP contribution in [0.1, 0.15) is 226 Å². The predicted octanol–water partition coefficient (Wildman–Crippen LogP) is 11.1. The molecule has 0 saturated heterocycles. The lowest BCUT2D eigenvalue weighted by Gasteiger charge is -2.26. The maximum Gasteiger partial charge on any atom is 0.220 e. The normalized spacial score (nSPS) is 13.6. The topological polar surface area (TPSA) is 89.8 Å². The highest BCUT2D eigenvalue weighted by Gasteiger charge is 2.26. The van der Waals surface area contributed by atoms with Crippen molar-refractivity contribution >= 4 is 5.91 Å². The Labute approximate surface area is 281 Å². The van der Waals surface area contributed by atoms with Crippen LogP contribution in [0.5, 0.6) is 0 Å². The molecule has 0 aromatic carbocycles. The highest BCUT2D eigenvalue weighted by molar-refractivity contribution is 5.76. The van der Waals surface area contributed by atoms with Gasteiger partial charge in [0.25, 0.3) is 0 Å². The van der Waals surface area contributed by atoms with Gasteiger partial charge in [-0.3, -0.25) is 4.79 Å². The zero-order valence-electron chi connectivity index (χ0n) is 30.5. The van der Waals surface area contributed by atoms with E-state index in [1.807, 2.05) is 0 Å². The molecule has 0 aromatic heterocycles. The first-order chi connectivity index (χ1) is 22.1. The van der Waals surface area contributed by atoms with Crippen LogP contribution in [-0.2, 0) is 4.79 Å². The van der Waals surface area contributed by atoms with E-state index in [4.69, 9.17) is 0 Å². The van der Waals surface area contributed by atoms with Crippen LogP contribution in [0.25, 0.3) is 0 Å². The molecule has 5 nitrogen and oxygen atoms in total. The van der Waals surface area contributed by atoms with Gasteiger partial charge >= 0.3 is 0 Å². The van der Waals surface area contributed by atoms with E-state index in [1.54, 1.807) is 0 Å². The molecule has 0 bridgehead atoms. The largest absolute Gasteiger partial charge is 0.394 e. The summed E-state index contributed by atoms with van der Waals surface area (Å²) in [7, 11) is 0. The quantitative estimate of drug-likeness (QED) is 0.0509. The Hall–Kier alpha value is -0.650. The molecule has 0 radical (unpaired) electrons. The Morgan fingerprint density at radius 3 is 1.07 bits per heavy atom. The summed E-state index contributed by atoms with van der Waals surface area (Å²) in [5, 5.41) is 33.4. The minimum Gasteiger partial charge on any atom is -0.394 e. The number of hydrogen-bond donors (Lipinski definition) is 4. The Morgan fingerprint density at radius 1 is 0.467 bits per heavy atom. The Balaban J connectivity index is 3.57.